The Balaban J connectivity index is 2.31. The SMILES string of the molecule is O=c1oc(-c2cccnc2Cl)nc2ccc(Cl)cc12. The van der Waals surface area contributed by atoms with Crippen LogP contribution in [-0.2, 0) is 0 Å². The van der Waals surface area contributed by atoms with E-state index in [1.54, 1.807) is 30.5 Å². The van der Waals surface area contributed by atoms with Crippen LogP contribution in [0.25, 0.3) is 22.4 Å². The van der Waals surface area contributed by atoms with Gasteiger partial charge in [-0.2, -0.15) is 0 Å². The van der Waals surface area contributed by atoms with Crippen molar-refractivity contribution in [3.8, 4) is 11.5 Å². The molecule has 4 nitrogen and oxygen atoms in total. The first-order valence-corrected chi connectivity index (χ1v) is 6.12. The highest BCUT2D eigenvalue weighted by Crippen LogP contribution is 2.25. The second-order valence-electron chi connectivity index (χ2n) is 3.81. The summed E-state index contributed by atoms with van der Waals surface area (Å²) in [6.07, 6.45) is 1.55. The minimum absolute atomic E-state index is 0.137. The molecule has 0 bridgehead atoms. The Hall–Kier alpha value is -1.91. The van der Waals surface area contributed by atoms with Crippen LogP contribution < -0.4 is 5.63 Å². The zero-order chi connectivity index (χ0) is 13.4. The molecule has 3 rings (SSSR count). The van der Waals surface area contributed by atoms with E-state index in [2.05, 4.69) is 9.97 Å². The van der Waals surface area contributed by atoms with Gasteiger partial charge in [0.1, 0.15) is 5.15 Å². The van der Waals surface area contributed by atoms with Crippen molar-refractivity contribution >= 4 is 34.1 Å². The smallest absolute Gasteiger partial charge is 0.347 e. The number of halogens is 2. The van der Waals surface area contributed by atoms with Crippen molar-refractivity contribution in [2.45, 2.75) is 0 Å². The van der Waals surface area contributed by atoms with E-state index >= 15 is 0 Å². The van der Waals surface area contributed by atoms with Crippen molar-refractivity contribution in [1.29, 1.82) is 0 Å². The van der Waals surface area contributed by atoms with Crippen molar-refractivity contribution in [1.82, 2.24) is 9.97 Å². The molecule has 6 heteroatoms. The van der Waals surface area contributed by atoms with E-state index in [1.165, 1.54) is 6.07 Å². The fraction of sp³-hybridized carbons (Fsp3) is 0. The molecule has 0 aliphatic rings. The molecule has 94 valence electrons. The molecule has 3 aromatic rings. The highest BCUT2D eigenvalue weighted by atomic mass is 35.5. The van der Waals surface area contributed by atoms with Crippen molar-refractivity contribution in [3.63, 3.8) is 0 Å². The highest BCUT2D eigenvalue weighted by molar-refractivity contribution is 6.32. The predicted octanol–water partition coefficient (Wildman–Crippen LogP) is 3.56. The van der Waals surface area contributed by atoms with E-state index in [1.807, 2.05) is 0 Å². The zero-order valence-electron chi connectivity index (χ0n) is 9.43. The molecule has 19 heavy (non-hydrogen) atoms. The van der Waals surface area contributed by atoms with Gasteiger partial charge in [-0.15, -0.1) is 0 Å². The fourth-order valence-corrected chi connectivity index (χ4v) is 2.08. The first-order valence-electron chi connectivity index (χ1n) is 5.36. The molecular weight excluding hydrogens is 287 g/mol. The summed E-state index contributed by atoms with van der Waals surface area (Å²) in [6.45, 7) is 0. The lowest BCUT2D eigenvalue weighted by molar-refractivity contribution is 0.518. The number of fused-ring (bicyclic) bond motifs is 1. The van der Waals surface area contributed by atoms with Crippen LogP contribution in [0.3, 0.4) is 0 Å². The minimum Gasteiger partial charge on any atom is -0.403 e. The summed E-state index contributed by atoms with van der Waals surface area (Å²) in [4.78, 5) is 20.1. The number of aromatic nitrogens is 2. The molecule has 0 unspecified atom stereocenters. The molecule has 1 aromatic carbocycles. The number of hydrogen-bond acceptors (Lipinski definition) is 4. The number of benzene rings is 1. The van der Waals surface area contributed by atoms with Crippen LogP contribution in [0.5, 0.6) is 0 Å². The lowest BCUT2D eigenvalue weighted by atomic mass is 10.2. The molecular formula is C13H6Cl2N2O2. The summed E-state index contributed by atoms with van der Waals surface area (Å²) in [5.74, 6) is 0.137. The predicted molar refractivity (Wildman–Crippen MR) is 73.5 cm³/mol. The van der Waals surface area contributed by atoms with Gasteiger partial charge >= 0.3 is 5.63 Å². The van der Waals surface area contributed by atoms with Crippen LogP contribution in [0.4, 0.5) is 0 Å². The molecule has 0 fully saturated rings. The maximum absolute atomic E-state index is 11.9. The molecule has 0 amide bonds. The van der Waals surface area contributed by atoms with E-state index in [0.717, 1.165) is 0 Å². The van der Waals surface area contributed by atoms with Gasteiger partial charge in [0.25, 0.3) is 0 Å². The minimum atomic E-state index is -0.512. The summed E-state index contributed by atoms with van der Waals surface area (Å²) in [5, 5.41) is 1.01. The second kappa shape index (κ2) is 4.64. The number of rotatable bonds is 1. The number of nitrogens with zero attached hydrogens (tertiary/aromatic N) is 2. The monoisotopic (exact) mass is 292 g/mol. The van der Waals surface area contributed by atoms with Crippen LogP contribution in [0.15, 0.2) is 45.7 Å². The Bertz CT molecular complexity index is 830. The average molecular weight is 293 g/mol. The standard InChI is InChI=1S/C13H6Cl2N2O2/c14-7-3-4-10-9(6-7)13(18)19-12(17-10)8-2-1-5-16-11(8)15/h1-6H. The van der Waals surface area contributed by atoms with Gasteiger partial charge in [0.2, 0.25) is 5.89 Å². The molecule has 2 aromatic heterocycles. The van der Waals surface area contributed by atoms with Gasteiger partial charge in [-0.1, -0.05) is 23.2 Å². The molecule has 2 heterocycles. The van der Waals surface area contributed by atoms with Gasteiger partial charge in [0.05, 0.1) is 16.5 Å². The van der Waals surface area contributed by atoms with Crippen LogP contribution in [0, 0.1) is 0 Å². The molecule has 0 radical (unpaired) electrons. The quantitative estimate of drug-likeness (QED) is 0.644. The van der Waals surface area contributed by atoms with E-state index in [0.29, 0.717) is 21.5 Å². The normalized spacial score (nSPS) is 10.8. The Morgan fingerprint density at radius 1 is 1.16 bits per heavy atom. The molecule has 0 aliphatic heterocycles. The van der Waals surface area contributed by atoms with Gasteiger partial charge in [-0.05, 0) is 30.3 Å². The van der Waals surface area contributed by atoms with Crippen LogP contribution in [0.1, 0.15) is 0 Å². The summed E-state index contributed by atoms with van der Waals surface area (Å²) < 4.78 is 5.16. The van der Waals surface area contributed by atoms with Crippen LogP contribution in [0.2, 0.25) is 10.2 Å². The van der Waals surface area contributed by atoms with Gasteiger partial charge in [-0.3, -0.25) is 0 Å². The fourth-order valence-electron chi connectivity index (χ4n) is 1.71. The maximum Gasteiger partial charge on any atom is 0.347 e. The summed E-state index contributed by atoms with van der Waals surface area (Å²) in [7, 11) is 0. The van der Waals surface area contributed by atoms with Crippen molar-refractivity contribution < 1.29 is 4.42 Å². The van der Waals surface area contributed by atoms with Crippen molar-refractivity contribution in [2.75, 3.05) is 0 Å². The van der Waals surface area contributed by atoms with Crippen LogP contribution >= 0.6 is 23.2 Å². The molecule has 0 N–H and O–H groups in total. The molecule has 0 atom stereocenters. The third kappa shape index (κ3) is 2.20. The van der Waals surface area contributed by atoms with Crippen LogP contribution in [-0.4, -0.2) is 9.97 Å². The second-order valence-corrected chi connectivity index (χ2v) is 4.60. The molecule has 0 saturated carbocycles. The number of hydrogen-bond donors (Lipinski definition) is 0. The van der Waals surface area contributed by atoms with E-state index in [9.17, 15) is 4.79 Å². The third-order valence-electron chi connectivity index (χ3n) is 2.58. The summed E-state index contributed by atoms with van der Waals surface area (Å²) in [5.41, 5.74) is 0.455. The Kier molecular flexibility index (Phi) is 2.97. The average Bonchev–Trinajstić information content (AvgIpc) is 2.40. The lowest BCUT2D eigenvalue weighted by Crippen LogP contribution is -2.03. The van der Waals surface area contributed by atoms with E-state index in [-0.39, 0.29) is 11.0 Å². The van der Waals surface area contributed by atoms with E-state index < -0.39 is 5.63 Å². The lowest BCUT2D eigenvalue weighted by Gasteiger charge is -2.02. The van der Waals surface area contributed by atoms with Gasteiger partial charge in [0.15, 0.2) is 0 Å². The Morgan fingerprint density at radius 2 is 2.00 bits per heavy atom. The molecule has 0 aliphatic carbocycles. The Morgan fingerprint density at radius 3 is 2.79 bits per heavy atom. The molecule has 0 spiro atoms. The van der Waals surface area contributed by atoms with Gasteiger partial charge < -0.3 is 4.42 Å². The van der Waals surface area contributed by atoms with Crippen molar-refractivity contribution in [2.24, 2.45) is 0 Å². The van der Waals surface area contributed by atoms with Crippen molar-refractivity contribution in [3.05, 3.63) is 57.1 Å². The van der Waals surface area contributed by atoms with Gasteiger partial charge in [-0.25, -0.2) is 14.8 Å². The van der Waals surface area contributed by atoms with Gasteiger partial charge in [0, 0.05) is 11.2 Å². The molecule has 0 saturated heterocycles. The Labute approximate surface area is 117 Å². The number of pyridine rings is 1. The topological polar surface area (TPSA) is 56.0 Å². The van der Waals surface area contributed by atoms with E-state index in [4.69, 9.17) is 27.6 Å². The zero-order valence-corrected chi connectivity index (χ0v) is 10.9. The third-order valence-corrected chi connectivity index (χ3v) is 3.12. The largest absolute Gasteiger partial charge is 0.403 e. The summed E-state index contributed by atoms with van der Waals surface area (Å²) in [6, 6.07) is 8.20. The summed E-state index contributed by atoms with van der Waals surface area (Å²) >= 11 is 11.8. The first-order chi connectivity index (χ1) is 9.15. The highest BCUT2D eigenvalue weighted by Gasteiger charge is 2.12. The maximum atomic E-state index is 11.9. The first kappa shape index (κ1) is 12.1.